The Labute approximate surface area is 198 Å². The lowest BCUT2D eigenvalue weighted by atomic mass is 10.0. The number of furan rings is 1. The van der Waals surface area contributed by atoms with Crippen molar-refractivity contribution in [2.24, 2.45) is 0 Å². The lowest BCUT2D eigenvalue weighted by Crippen LogP contribution is -2.23. The summed E-state index contributed by atoms with van der Waals surface area (Å²) in [7, 11) is 0. The lowest BCUT2D eigenvalue weighted by molar-refractivity contribution is 0.205. The quantitative estimate of drug-likeness (QED) is 0.283. The van der Waals surface area contributed by atoms with Crippen molar-refractivity contribution in [3.05, 3.63) is 77.6 Å². The molecule has 3 aromatic carbocycles. The van der Waals surface area contributed by atoms with E-state index in [-0.39, 0.29) is 5.82 Å². The molecular weight excluding hydrogens is 437 g/mol. The van der Waals surface area contributed by atoms with Crippen molar-refractivity contribution in [2.75, 3.05) is 10.8 Å². The third-order valence-corrected chi connectivity index (χ3v) is 6.36. The molecule has 0 spiro atoms. The number of ether oxygens (including phenoxy) is 1. The minimum atomic E-state index is -0.477. The van der Waals surface area contributed by atoms with E-state index in [4.69, 9.17) is 9.15 Å². The van der Waals surface area contributed by atoms with Gasteiger partial charge in [-0.1, -0.05) is 12.8 Å². The van der Waals surface area contributed by atoms with Crippen molar-refractivity contribution in [2.45, 2.75) is 38.7 Å². The number of aliphatic hydroxyl groups excluding tert-OH is 1. The van der Waals surface area contributed by atoms with Crippen LogP contribution >= 0.6 is 12.8 Å². The summed E-state index contributed by atoms with van der Waals surface area (Å²) < 4.78 is 27.0. The average Bonchev–Trinajstić information content (AvgIpc) is 3.59. The monoisotopic (exact) mass is 463 g/mol. The van der Waals surface area contributed by atoms with Crippen LogP contribution in [0.3, 0.4) is 0 Å². The molecule has 1 unspecified atom stereocenters. The summed E-state index contributed by atoms with van der Waals surface area (Å²) in [6.45, 7) is 4.28. The molecular formula is C27H26FNO3S. The van der Waals surface area contributed by atoms with Crippen LogP contribution in [-0.4, -0.2) is 17.8 Å². The Morgan fingerprint density at radius 2 is 1.73 bits per heavy atom. The maximum Gasteiger partial charge on any atom is 0.138 e. The molecule has 4 nitrogen and oxygen atoms in total. The predicted octanol–water partition coefficient (Wildman–Crippen LogP) is 7.25. The van der Waals surface area contributed by atoms with Gasteiger partial charge < -0.3 is 18.6 Å². The van der Waals surface area contributed by atoms with E-state index in [0.29, 0.717) is 24.0 Å². The van der Waals surface area contributed by atoms with Crippen molar-refractivity contribution in [1.29, 1.82) is 0 Å². The Hall–Kier alpha value is -2.96. The maximum absolute atomic E-state index is 13.1. The fourth-order valence-electron chi connectivity index (χ4n) is 4.15. The molecule has 6 heteroatoms. The van der Waals surface area contributed by atoms with Crippen LogP contribution in [0.4, 0.5) is 10.1 Å². The number of aliphatic hydroxyl groups is 1. The second kappa shape index (κ2) is 8.76. The number of rotatable bonds is 7. The summed E-state index contributed by atoms with van der Waals surface area (Å²) in [6, 6.07) is 17.9. The van der Waals surface area contributed by atoms with E-state index in [1.807, 2.05) is 34.6 Å². The van der Waals surface area contributed by atoms with Gasteiger partial charge in [0, 0.05) is 22.6 Å². The Kier molecular flexibility index (Phi) is 5.81. The molecule has 170 valence electrons. The van der Waals surface area contributed by atoms with Crippen molar-refractivity contribution >= 4 is 29.5 Å². The number of halogens is 1. The zero-order valence-electron chi connectivity index (χ0n) is 18.6. The third-order valence-electron chi connectivity index (χ3n) is 5.98. The molecule has 5 rings (SSSR count). The highest BCUT2D eigenvalue weighted by Gasteiger charge is 2.29. The van der Waals surface area contributed by atoms with Gasteiger partial charge in [-0.05, 0) is 92.8 Å². The maximum atomic E-state index is 13.1. The highest BCUT2D eigenvalue weighted by Crippen LogP contribution is 2.47. The fourth-order valence-corrected chi connectivity index (χ4v) is 4.56. The van der Waals surface area contributed by atoms with E-state index >= 15 is 0 Å². The fraction of sp³-hybridized carbons (Fsp3) is 0.259. The third kappa shape index (κ3) is 4.59. The van der Waals surface area contributed by atoms with Gasteiger partial charge in [0.1, 0.15) is 28.7 Å². The van der Waals surface area contributed by atoms with Gasteiger partial charge in [-0.2, -0.15) is 0 Å². The summed E-state index contributed by atoms with van der Waals surface area (Å²) in [4.78, 5) is 0. The first-order chi connectivity index (χ1) is 15.9. The summed E-state index contributed by atoms with van der Waals surface area (Å²) in [5.74, 6) is 2.31. The number of fused-ring (bicyclic) bond motifs is 1. The zero-order chi connectivity index (χ0) is 23.1. The number of benzene rings is 3. The van der Waals surface area contributed by atoms with Crippen molar-refractivity contribution in [3.8, 4) is 22.8 Å². The molecule has 1 fully saturated rings. The van der Waals surface area contributed by atoms with E-state index in [0.717, 1.165) is 33.5 Å². The predicted molar refractivity (Wildman–Crippen MR) is 133 cm³/mol. The molecule has 1 aliphatic carbocycles. The van der Waals surface area contributed by atoms with Gasteiger partial charge in [0.15, 0.2) is 0 Å². The standard InChI is InChI=1S/C27H26FNO3S/c1-16(30)15-29(33)25-14-26-23(13-24(25)18-3-4-18)17(2)27(32-26)19-5-9-21(10-6-19)31-22-11-7-20(28)8-12-22/h5-14,16,18,30,33H,3-4,15H2,1-2H3. The first-order valence-electron chi connectivity index (χ1n) is 11.1. The van der Waals surface area contributed by atoms with Crippen LogP contribution < -0.4 is 9.04 Å². The Bertz CT molecular complexity index is 1280. The molecule has 0 amide bonds. The molecule has 1 saturated carbocycles. The van der Waals surface area contributed by atoms with Crippen molar-refractivity contribution in [3.63, 3.8) is 0 Å². The molecule has 0 radical (unpaired) electrons. The number of hydrogen-bond acceptors (Lipinski definition) is 5. The smallest absolute Gasteiger partial charge is 0.138 e. The van der Waals surface area contributed by atoms with Crippen LogP contribution in [0, 0.1) is 12.7 Å². The van der Waals surface area contributed by atoms with Crippen LogP contribution in [0.25, 0.3) is 22.3 Å². The molecule has 4 aromatic rings. The van der Waals surface area contributed by atoms with Gasteiger partial charge in [0.05, 0.1) is 18.3 Å². The van der Waals surface area contributed by atoms with E-state index in [2.05, 4.69) is 25.8 Å². The molecule has 1 heterocycles. The van der Waals surface area contributed by atoms with E-state index in [1.54, 1.807) is 19.1 Å². The Morgan fingerprint density at radius 3 is 2.33 bits per heavy atom. The van der Waals surface area contributed by atoms with Crippen LogP contribution in [-0.2, 0) is 0 Å². The topological polar surface area (TPSA) is 45.8 Å². The highest BCUT2D eigenvalue weighted by molar-refractivity contribution is 7.81. The number of hydrogen-bond donors (Lipinski definition) is 2. The van der Waals surface area contributed by atoms with Gasteiger partial charge in [-0.15, -0.1) is 0 Å². The molecule has 1 aliphatic rings. The van der Waals surface area contributed by atoms with Gasteiger partial charge in [0.2, 0.25) is 0 Å². The zero-order valence-corrected chi connectivity index (χ0v) is 19.5. The number of aryl methyl sites for hydroxylation is 1. The lowest BCUT2D eigenvalue weighted by Gasteiger charge is -2.22. The second-order valence-corrected chi connectivity index (χ2v) is 9.23. The Balaban J connectivity index is 1.47. The van der Waals surface area contributed by atoms with Crippen molar-refractivity contribution < 1.29 is 18.7 Å². The average molecular weight is 464 g/mol. The minimum absolute atomic E-state index is 0.294. The molecule has 1 atom stereocenters. The summed E-state index contributed by atoms with van der Waals surface area (Å²) in [5.41, 5.74) is 5.11. The highest BCUT2D eigenvalue weighted by atomic mass is 32.1. The van der Waals surface area contributed by atoms with Crippen LogP contribution in [0.2, 0.25) is 0 Å². The van der Waals surface area contributed by atoms with Crippen LogP contribution in [0.1, 0.15) is 36.8 Å². The summed E-state index contributed by atoms with van der Waals surface area (Å²) in [6.07, 6.45) is 1.87. The second-order valence-electron chi connectivity index (χ2n) is 8.75. The van der Waals surface area contributed by atoms with Gasteiger partial charge in [-0.3, -0.25) is 0 Å². The normalized spacial score (nSPS) is 14.5. The van der Waals surface area contributed by atoms with Crippen LogP contribution in [0.15, 0.2) is 65.1 Å². The van der Waals surface area contributed by atoms with E-state index < -0.39 is 6.10 Å². The SMILES string of the molecule is Cc1c(-c2ccc(Oc3ccc(F)cc3)cc2)oc2cc(N(S)CC(C)O)c(C3CC3)cc12. The largest absolute Gasteiger partial charge is 0.457 e. The van der Waals surface area contributed by atoms with Gasteiger partial charge in [0.25, 0.3) is 0 Å². The Morgan fingerprint density at radius 1 is 1.09 bits per heavy atom. The molecule has 0 saturated heterocycles. The van der Waals surface area contributed by atoms with Crippen LogP contribution in [0.5, 0.6) is 11.5 Å². The minimum Gasteiger partial charge on any atom is -0.457 e. The summed E-state index contributed by atoms with van der Waals surface area (Å²) in [5, 5.41) is 10.9. The first-order valence-corrected chi connectivity index (χ1v) is 11.5. The summed E-state index contributed by atoms with van der Waals surface area (Å²) >= 11 is 4.63. The molecule has 0 bridgehead atoms. The first kappa shape index (κ1) is 21.9. The van der Waals surface area contributed by atoms with Gasteiger partial charge in [-0.25, -0.2) is 4.39 Å². The molecule has 1 aromatic heterocycles. The number of nitrogens with zero attached hydrogens (tertiary/aromatic N) is 1. The number of thiol groups is 1. The van der Waals surface area contributed by atoms with E-state index in [1.165, 1.54) is 30.5 Å². The molecule has 33 heavy (non-hydrogen) atoms. The number of anilines is 1. The molecule has 1 N–H and O–H groups in total. The molecule has 0 aliphatic heterocycles. The van der Waals surface area contributed by atoms with E-state index in [9.17, 15) is 9.50 Å². The van der Waals surface area contributed by atoms with Gasteiger partial charge >= 0.3 is 0 Å². The van der Waals surface area contributed by atoms with Crippen molar-refractivity contribution in [1.82, 2.24) is 0 Å².